The number of hydrogen-bond acceptors (Lipinski definition) is 15. The van der Waals surface area contributed by atoms with Gasteiger partial charge in [-0.05, 0) is 37.5 Å². The van der Waals surface area contributed by atoms with Crippen molar-refractivity contribution in [2.24, 2.45) is 11.8 Å². The van der Waals surface area contributed by atoms with Crippen molar-refractivity contribution in [1.82, 2.24) is 0 Å². The molecule has 0 heterocycles. The van der Waals surface area contributed by atoms with E-state index >= 15 is 0 Å². The van der Waals surface area contributed by atoms with E-state index in [2.05, 4.69) is 41.5 Å². The maximum absolute atomic E-state index is 13.0. The number of aliphatic hydroxyl groups excluding tert-OH is 1. The van der Waals surface area contributed by atoms with Gasteiger partial charge in [-0.2, -0.15) is 0 Å². The lowest BCUT2D eigenvalue weighted by molar-refractivity contribution is -0.161. The highest BCUT2D eigenvalue weighted by atomic mass is 31.2. The fourth-order valence-electron chi connectivity index (χ4n) is 9.85. The summed E-state index contributed by atoms with van der Waals surface area (Å²) < 4.78 is 68.0. The Balaban J connectivity index is 5.23. The zero-order chi connectivity index (χ0) is 62.9. The Kier molecular flexibility index (Phi) is 57.1. The van der Waals surface area contributed by atoms with Crippen LogP contribution in [0.15, 0.2) is 0 Å². The molecule has 3 unspecified atom stereocenters. The monoisotopic (exact) mass is 1250 g/mol. The molecule has 0 bridgehead atoms. The van der Waals surface area contributed by atoms with Crippen molar-refractivity contribution < 1.29 is 80.2 Å². The van der Waals surface area contributed by atoms with Crippen LogP contribution in [0.2, 0.25) is 0 Å². The Morgan fingerprint density at radius 2 is 0.600 bits per heavy atom. The number of carbonyl (C=O) groups is 4. The second-order valence-corrected chi connectivity index (χ2v) is 27.5. The van der Waals surface area contributed by atoms with Crippen LogP contribution >= 0.6 is 15.6 Å². The maximum Gasteiger partial charge on any atom is 0.472 e. The Hall–Kier alpha value is -1.94. The summed E-state index contributed by atoms with van der Waals surface area (Å²) in [5, 5.41) is 10.5. The van der Waals surface area contributed by atoms with Gasteiger partial charge in [0.15, 0.2) is 12.2 Å². The van der Waals surface area contributed by atoms with Crippen LogP contribution in [0.4, 0.5) is 0 Å². The highest BCUT2D eigenvalue weighted by Gasteiger charge is 2.30. The molecular weight excluding hydrogens is 1130 g/mol. The van der Waals surface area contributed by atoms with Crippen molar-refractivity contribution in [3.05, 3.63) is 0 Å². The van der Waals surface area contributed by atoms with Crippen LogP contribution in [-0.4, -0.2) is 96.7 Å². The van der Waals surface area contributed by atoms with Crippen molar-refractivity contribution >= 4 is 39.5 Å². The van der Waals surface area contributed by atoms with Crippen LogP contribution in [0.3, 0.4) is 0 Å². The van der Waals surface area contributed by atoms with Crippen molar-refractivity contribution in [1.29, 1.82) is 0 Å². The minimum Gasteiger partial charge on any atom is -0.462 e. The molecule has 0 aliphatic heterocycles. The third-order valence-electron chi connectivity index (χ3n) is 15.6. The molecule has 0 radical (unpaired) electrons. The van der Waals surface area contributed by atoms with Crippen LogP contribution in [0.1, 0.15) is 330 Å². The zero-order valence-electron chi connectivity index (χ0n) is 54.9. The van der Waals surface area contributed by atoms with Gasteiger partial charge < -0.3 is 33.8 Å². The molecule has 0 rings (SSSR count). The first-order valence-corrected chi connectivity index (χ1v) is 37.5. The SMILES string of the molecule is CCCCCCCCCCCCCCCCCC(=O)O[C@H](COC(=O)CCCCCCCCCCC(C)CC)COP(=O)(O)OC[C@@H](O)COP(=O)(O)OC[C@@H](COC(=O)CCCCCCCCCCC)OC(=O)CCCCCCCCC(C)C. The summed E-state index contributed by atoms with van der Waals surface area (Å²) in [6.07, 6.45) is 41.8. The van der Waals surface area contributed by atoms with Crippen molar-refractivity contribution in [2.45, 2.75) is 349 Å². The first-order valence-electron chi connectivity index (χ1n) is 34.5. The van der Waals surface area contributed by atoms with E-state index in [1.54, 1.807) is 0 Å². The van der Waals surface area contributed by atoms with Gasteiger partial charge in [0.2, 0.25) is 0 Å². The van der Waals surface area contributed by atoms with Crippen LogP contribution in [0, 0.1) is 11.8 Å². The van der Waals surface area contributed by atoms with Gasteiger partial charge in [0.25, 0.3) is 0 Å². The van der Waals surface area contributed by atoms with Crippen molar-refractivity contribution in [2.75, 3.05) is 39.6 Å². The quantitative estimate of drug-likeness (QED) is 0.0222. The van der Waals surface area contributed by atoms with Gasteiger partial charge in [0.1, 0.15) is 19.3 Å². The lowest BCUT2D eigenvalue weighted by atomic mass is 9.99. The van der Waals surface area contributed by atoms with Crippen LogP contribution < -0.4 is 0 Å². The smallest absolute Gasteiger partial charge is 0.462 e. The van der Waals surface area contributed by atoms with E-state index in [0.29, 0.717) is 31.6 Å². The topological polar surface area (TPSA) is 237 Å². The van der Waals surface area contributed by atoms with Crippen LogP contribution in [0.5, 0.6) is 0 Å². The molecule has 3 N–H and O–H groups in total. The van der Waals surface area contributed by atoms with Crippen molar-refractivity contribution in [3.63, 3.8) is 0 Å². The molecule has 0 fully saturated rings. The van der Waals surface area contributed by atoms with Gasteiger partial charge in [-0.3, -0.25) is 37.3 Å². The summed E-state index contributed by atoms with van der Waals surface area (Å²) in [5.74, 6) is -0.688. The second kappa shape index (κ2) is 58.4. The molecule has 0 spiro atoms. The van der Waals surface area contributed by atoms with Crippen molar-refractivity contribution in [3.8, 4) is 0 Å². The van der Waals surface area contributed by atoms with E-state index < -0.39 is 97.5 Å². The number of aliphatic hydroxyl groups is 1. The first kappa shape index (κ1) is 83.1. The highest BCUT2D eigenvalue weighted by molar-refractivity contribution is 7.47. The lowest BCUT2D eigenvalue weighted by Gasteiger charge is -2.21. The molecule has 0 aliphatic rings. The number of ether oxygens (including phenoxy) is 4. The Labute approximate surface area is 517 Å². The number of hydrogen-bond donors (Lipinski definition) is 3. The van der Waals surface area contributed by atoms with Gasteiger partial charge in [0.05, 0.1) is 26.4 Å². The number of phosphoric acid groups is 2. The molecule has 0 aliphatic carbocycles. The first-order chi connectivity index (χ1) is 40.9. The molecule has 0 aromatic heterocycles. The average Bonchev–Trinajstić information content (AvgIpc) is 3.56. The van der Waals surface area contributed by atoms with E-state index in [1.807, 2.05) is 0 Å². The summed E-state index contributed by atoms with van der Waals surface area (Å²) in [5.41, 5.74) is 0. The number of unbranched alkanes of at least 4 members (excludes halogenated alkanes) is 34. The molecular formula is C66H128O17P2. The predicted molar refractivity (Wildman–Crippen MR) is 340 cm³/mol. The number of rotatable bonds is 65. The summed E-state index contributed by atoms with van der Waals surface area (Å²) in [4.78, 5) is 72.3. The van der Waals surface area contributed by atoms with E-state index in [1.165, 1.54) is 148 Å². The Morgan fingerprint density at radius 1 is 0.341 bits per heavy atom. The number of phosphoric ester groups is 2. The fourth-order valence-corrected chi connectivity index (χ4v) is 11.4. The third kappa shape index (κ3) is 59.5. The largest absolute Gasteiger partial charge is 0.472 e. The zero-order valence-corrected chi connectivity index (χ0v) is 56.7. The molecule has 17 nitrogen and oxygen atoms in total. The van der Waals surface area contributed by atoms with E-state index in [-0.39, 0.29) is 25.7 Å². The normalized spacial score (nSPS) is 14.6. The molecule has 6 atom stereocenters. The minimum absolute atomic E-state index is 0.102. The van der Waals surface area contributed by atoms with Gasteiger partial charge in [-0.15, -0.1) is 0 Å². The second-order valence-electron chi connectivity index (χ2n) is 24.6. The van der Waals surface area contributed by atoms with Crippen LogP contribution in [-0.2, 0) is 65.4 Å². The van der Waals surface area contributed by atoms with Crippen LogP contribution in [0.25, 0.3) is 0 Å². The summed E-state index contributed by atoms with van der Waals surface area (Å²) in [6, 6.07) is 0. The molecule has 19 heteroatoms. The van der Waals surface area contributed by atoms with E-state index in [9.17, 15) is 43.2 Å². The maximum atomic E-state index is 13.0. The summed E-state index contributed by atoms with van der Waals surface area (Å²) >= 11 is 0. The average molecular weight is 1260 g/mol. The van der Waals surface area contributed by atoms with E-state index in [0.717, 1.165) is 95.8 Å². The molecule has 0 saturated carbocycles. The predicted octanol–water partition coefficient (Wildman–Crippen LogP) is 18.4. The molecule has 504 valence electrons. The molecule has 0 aromatic rings. The number of esters is 4. The number of carbonyl (C=O) groups excluding carboxylic acids is 4. The fraction of sp³-hybridized carbons (Fsp3) is 0.939. The standard InChI is InChI=1S/C66H128O17P2/c1-7-10-12-14-16-18-19-20-21-22-23-25-31-38-44-50-65(70)82-61(54-77-64(69)49-43-37-30-27-26-28-35-41-47-59(6)9-3)56-80-84(72,73)78-52-60(67)53-79-85(74,75)81-57-62(83-66(71)51-45-39-33-32-34-40-46-58(4)5)55-76-63(68)48-42-36-29-24-17-15-13-11-8-2/h58-62,67H,7-57H2,1-6H3,(H,72,73)(H,74,75)/t59?,60-,61-,62-/m1/s1. The molecule has 0 amide bonds. The van der Waals surface area contributed by atoms with Gasteiger partial charge in [0, 0.05) is 25.7 Å². The molecule has 0 aromatic carbocycles. The molecule has 0 saturated heterocycles. The van der Waals surface area contributed by atoms with Gasteiger partial charge >= 0.3 is 39.5 Å². The van der Waals surface area contributed by atoms with Gasteiger partial charge in [-0.25, -0.2) is 9.13 Å². The third-order valence-corrected chi connectivity index (χ3v) is 17.5. The minimum atomic E-state index is -4.95. The summed E-state index contributed by atoms with van der Waals surface area (Å²) in [7, 11) is -9.89. The molecule has 85 heavy (non-hydrogen) atoms. The Bertz CT molecular complexity index is 1670. The summed E-state index contributed by atoms with van der Waals surface area (Å²) in [6.45, 7) is 9.41. The van der Waals surface area contributed by atoms with Gasteiger partial charge in [-0.1, -0.05) is 279 Å². The Morgan fingerprint density at radius 3 is 0.894 bits per heavy atom. The highest BCUT2D eigenvalue weighted by Crippen LogP contribution is 2.45. The van der Waals surface area contributed by atoms with E-state index in [4.69, 9.17) is 37.0 Å². The lowest BCUT2D eigenvalue weighted by Crippen LogP contribution is -2.30.